The molecule has 0 spiro atoms. The maximum atomic E-state index is 12.5. The van der Waals surface area contributed by atoms with Gasteiger partial charge in [0.2, 0.25) is 0 Å². The van der Waals surface area contributed by atoms with Gasteiger partial charge in [0.1, 0.15) is 0 Å². The Hall–Kier alpha value is 0.160. The summed E-state index contributed by atoms with van der Waals surface area (Å²) < 4.78 is 28.3. The van der Waals surface area contributed by atoms with Crippen molar-refractivity contribution >= 4 is 21.8 Å². The van der Waals surface area contributed by atoms with E-state index in [2.05, 4.69) is 0 Å². The number of halogens is 1. The van der Waals surface area contributed by atoms with Crippen molar-refractivity contribution in [1.29, 1.82) is 0 Å². The molecule has 2 heterocycles. The highest BCUT2D eigenvalue weighted by atomic mass is 35.5. The summed E-state index contributed by atoms with van der Waals surface area (Å²) in [4.78, 5) is 0. The van der Waals surface area contributed by atoms with E-state index in [0.29, 0.717) is 25.5 Å². The predicted molar refractivity (Wildman–Crippen MR) is 69.4 cm³/mol. The standard InChI is InChI=1S/C11H21ClN2O2S/c12-10-11-6-2-5-9-14(11)17(15,16)13-7-3-1-4-8-13/h11H,1-10H2. The van der Waals surface area contributed by atoms with Crippen molar-refractivity contribution in [3.8, 4) is 0 Å². The van der Waals surface area contributed by atoms with Crippen LogP contribution in [0.2, 0.25) is 0 Å². The van der Waals surface area contributed by atoms with Gasteiger partial charge in [0.25, 0.3) is 10.2 Å². The first-order chi connectivity index (χ1) is 8.16. The fraction of sp³-hybridized carbons (Fsp3) is 1.00. The first-order valence-electron chi connectivity index (χ1n) is 6.49. The van der Waals surface area contributed by atoms with Crippen LogP contribution in [0.1, 0.15) is 38.5 Å². The highest BCUT2D eigenvalue weighted by molar-refractivity contribution is 7.86. The quantitative estimate of drug-likeness (QED) is 0.740. The minimum absolute atomic E-state index is 0.00246. The van der Waals surface area contributed by atoms with Gasteiger partial charge >= 0.3 is 0 Å². The lowest BCUT2D eigenvalue weighted by Gasteiger charge is -2.38. The van der Waals surface area contributed by atoms with Crippen LogP contribution in [0.3, 0.4) is 0 Å². The molecule has 0 amide bonds. The number of rotatable bonds is 3. The van der Waals surface area contributed by atoms with Crippen LogP contribution >= 0.6 is 11.6 Å². The summed E-state index contributed by atoms with van der Waals surface area (Å²) >= 11 is 5.90. The van der Waals surface area contributed by atoms with Crippen LogP contribution < -0.4 is 0 Å². The number of hydrogen-bond donors (Lipinski definition) is 0. The molecule has 100 valence electrons. The summed E-state index contributed by atoms with van der Waals surface area (Å²) in [6, 6.07) is -0.00246. The number of nitrogens with zero attached hydrogens (tertiary/aromatic N) is 2. The zero-order valence-electron chi connectivity index (χ0n) is 10.1. The van der Waals surface area contributed by atoms with Crippen molar-refractivity contribution in [2.75, 3.05) is 25.5 Å². The number of alkyl halides is 1. The molecule has 0 saturated carbocycles. The zero-order chi connectivity index (χ0) is 12.3. The van der Waals surface area contributed by atoms with E-state index in [0.717, 1.165) is 38.5 Å². The van der Waals surface area contributed by atoms with Crippen LogP contribution in [0, 0.1) is 0 Å². The van der Waals surface area contributed by atoms with Gasteiger partial charge in [-0.1, -0.05) is 12.8 Å². The Morgan fingerprint density at radius 3 is 2.29 bits per heavy atom. The predicted octanol–water partition coefficient (Wildman–Crippen LogP) is 1.81. The van der Waals surface area contributed by atoms with Crippen LogP contribution in [0.15, 0.2) is 0 Å². The van der Waals surface area contributed by atoms with Gasteiger partial charge in [-0.3, -0.25) is 0 Å². The molecule has 4 nitrogen and oxygen atoms in total. The van der Waals surface area contributed by atoms with Gasteiger partial charge in [0, 0.05) is 31.6 Å². The number of piperidine rings is 2. The molecule has 0 N–H and O–H groups in total. The second-order valence-electron chi connectivity index (χ2n) is 4.88. The molecule has 0 aromatic carbocycles. The Labute approximate surface area is 109 Å². The smallest absolute Gasteiger partial charge is 0.195 e. The first kappa shape index (κ1) is 13.6. The molecular weight excluding hydrogens is 260 g/mol. The summed E-state index contributed by atoms with van der Waals surface area (Å²) in [7, 11) is -3.26. The maximum Gasteiger partial charge on any atom is 0.282 e. The van der Waals surface area contributed by atoms with Crippen LogP contribution in [-0.2, 0) is 10.2 Å². The highest BCUT2D eigenvalue weighted by Gasteiger charge is 2.36. The lowest BCUT2D eigenvalue weighted by Crippen LogP contribution is -2.52. The highest BCUT2D eigenvalue weighted by Crippen LogP contribution is 2.25. The summed E-state index contributed by atoms with van der Waals surface area (Å²) in [5, 5.41) is 0. The largest absolute Gasteiger partial charge is 0.282 e. The Balaban J connectivity index is 2.11. The fourth-order valence-electron chi connectivity index (χ4n) is 2.68. The van der Waals surface area contributed by atoms with Gasteiger partial charge in [-0.05, 0) is 25.7 Å². The minimum Gasteiger partial charge on any atom is -0.195 e. The Bertz CT molecular complexity index is 341. The van der Waals surface area contributed by atoms with Crippen LogP contribution in [0.5, 0.6) is 0 Å². The molecular formula is C11H21ClN2O2S. The molecule has 6 heteroatoms. The van der Waals surface area contributed by atoms with Gasteiger partial charge in [-0.2, -0.15) is 17.0 Å². The Morgan fingerprint density at radius 2 is 1.65 bits per heavy atom. The molecule has 1 atom stereocenters. The molecule has 0 aliphatic carbocycles. The third-order valence-electron chi connectivity index (χ3n) is 3.69. The van der Waals surface area contributed by atoms with E-state index < -0.39 is 10.2 Å². The lowest BCUT2D eigenvalue weighted by molar-refractivity contribution is 0.237. The summed E-state index contributed by atoms with van der Waals surface area (Å²) in [5.74, 6) is 0.410. The molecule has 17 heavy (non-hydrogen) atoms. The average molecular weight is 281 g/mol. The van der Waals surface area contributed by atoms with E-state index in [9.17, 15) is 8.42 Å². The molecule has 2 rings (SSSR count). The van der Waals surface area contributed by atoms with Crippen LogP contribution in [0.25, 0.3) is 0 Å². The molecule has 0 aromatic heterocycles. The maximum absolute atomic E-state index is 12.5. The molecule has 0 bridgehead atoms. The van der Waals surface area contributed by atoms with E-state index >= 15 is 0 Å². The van der Waals surface area contributed by atoms with Crippen molar-refractivity contribution in [3.63, 3.8) is 0 Å². The first-order valence-corrected chi connectivity index (χ1v) is 8.42. The third-order valence-corrected chi connectivity index (χ3v) is 6.14. The Kier molecular flexibility index (Phi) is 4.69. The Morgan fingerprint density at radius 1 is 1.00 bits per heavy atom. The minimum atomic E-state index is -3.26. The van der Waals surface area contributed by atoms with Crippen molar-refractivity contribution in [2.45, 2.75) is 44.6 Å². The molecule has 0 radical (unpaired) electrons. The van der Waals surface area contributed by atoms with Gasteiger partial charge in [0.15, 0.2) is 0 Å². The average Bonchev–Trinajstić information content (AvgIpc) is 2.39. The van der Waals surface area contributed by atoms with E-state index in [4.69, 9.17) is 11.6 Å². The second kappa shape index (κ2) is 5.87. The molecule has 2 aliphatic heterocycles. The normalized spacial score (nSPS) is 29.4. The monoisotopic (exact) mass is 280 g/mol. The van der Waals surface area contributed by atoms with Gasteiger partial charge in [-0.25, -0.2) is 0 Å². The van der Waals surface area contributed by atoms with Crippen molar-refractivity contribution in [1.82, 2.24) is 8.61 Å². The van der Waals surface area contributed by atoms with E-state index in [1.54, 1.807) is 8.61 Å². The van der Waals surface area contributed by atoms with Crippen molar-refractivity contribution in [2.24, 2.45) is 0 Å². The molecule has 0 aromatic rings. The second-order valence-corrected chi connectivity index (χ2v) is 7.07. The molecule has 2 aliphatic rings. The van der Waals surface area contributed by atoms with Gasteiger partial charge in [-0.15, -0.1) is 11.6 Å². The van der Waals surface area contributed by atoms with Crippen LogP contribution in [-0.4, -0.2) is 48.6 Å². The zero-order valence-corrected chi connectivity index (χ0v) is 11.7. The fourth-order valence-corrected chi connectivity index (χ4v) is 5.01. The van der Waals surface area contributed by atoms with Crippen LogP contribution in [0.4, 0.5) is 0 Å². The van der Waals surface area contributed by atoms with Gasteiger partial charge < -0.3 is 0 Å². The lowest BCUT2D eigenvalue weighted by atomic mass is 10.1. The van der Waals surface area contributed by atoms with Gasteiger partial charge in [0.05, 0.1) is 0 Å². The molecule has 2 saturated heterocycles. The summed E-state index contributed by atoms with van der Waals surface area (Å²) in [5.41, 5.74) is 0. The summed E-state index contributed by atoms with van der Waals surface area (Å²) in [6.45, 7) is 1.98. The summed E-state index contributed by atoms with van der Waals surface area (Å²) in [6.07, 6.45) is 6.06. The van der Waals surface area contributed by atoms with Crippen molar-refractivity contribution < 1.29 is 8.42 Å². The topological polar surface area (TPSA) is 40.6 Å². The SMILES string of the molecule is O=S(=O)(N1CCCCC1)N1CCCCC1CCl. The molecule has 1 unspecified atom stereocenters. The van der Waals surface area contributed by atoms with E-state index in [1.807, 2.05) is 0 Å². The van der Waals surface area contributed by atoms with E-state index in [1.165, 1.54) is 0 Å². The van der Waals surface area contributed by atoms with E-state index in [-0.39, 0.29) is 6.04 Å². The third kappa shape index (κ3) is 2.95. The molecule has 2 fully saturated rings. The number of hydrogen-bond acceptors (Lipinski definition) is 2. The van der Waals surface area contributed by atoms with Crippen molar-refractivity contribution in [3.05, 3.63) is 0 Å².